The molecule has 1 atom stereocenters. The number of aryl methyl sites for hydroxylation is 1. The third-order valence-electron chi connectivity index (χ3n) is 6.53. The van der Waals surface area contributed by atoms with E-state index in [1.165, 1.54) is 12.8 Å². The molecule has 3 rings (SSSR count). The highest BCUT2D eigenvalue weighted by atomic mass is 16.2. The Morgan fingerprint density at radius 2 is 2.04 bits per heavy atom. The zero-order chi connectivity index (χ0) is 19.4. The number of carbonyl (C=O) groups is 1. The maximum atomic E-state index is 13.5. The van der Waals surface area contributed by atoms with Crippen LogP contribution in [-0.4, -0.2) is 76.2 Å². The van der Waals surface area contributed by atoms with Crippen LogP contribution < -0.4 is 0 Å². The standard InChI is InChI=1S/C21H37N5O/c1-5-10-25-17-21(8-11-23(4)12-9-21)13-19(25)20(27)24(6-2)15-18-14-22-26(7-3)16-18/h14,16,19H,5-13,15,17H2,1-4H3. The second-order valence-corrected chi connectivity index (χ2v) is 8.55. The molecular formula is C21H37N5O. The van der Waals surface area contributed by atoms with Crippen molar-refractivity contribution in [3.63, 3.8) is 0 Å². The summed E-state index contributed by atoms with van der Waals surface area (Å²) in [5.74, 6) is 0.311. The van der Waals surface area contributed by atoms with E-state index in [-0.39, 0.29) is 6.04 Å². The lowest BCUT2D eigenvalue weighted by Gasteiger charge is -2.37. The van der Waals surface area contributed by atoms with Gasteiger partial charge in [-0.2, -0.15) is 5.10 Å². The smallest absolute Gasteiger partial charge is 0.240 e. The number of rotatable bonds is 7. The molecule has 2 aliphatic heterocycles. The topological polar surface area (TPSA) is 44.6 Å². The molecule has 2 aliphatic rings. The fourth-order valence-electron chi connectivity index (χ4n) is 4.80. The van der Waals surface area contributed by atoms with E-state index in [4.69, 9.17) is 0 Å². The van der Waals surface area contributed by atoms with E-state index in [1.807, 2.05) is 15.8 Å². The van der Waals surface area contributed by atoms with Gasteiger partial charge in [0.15, 0.2) is 0 Å². The Hall–Kier alpha value is -1.40. The van der Waals surface area contributed by atoms with Crippen LogP contribution in [0, 0.1) is 5.41 Å². The van der Waals surface area contributed by atoms with Gasteiger partial charge in [-0.3, -0.25) is 14.4 Å². The number of hydrogen-bond acceptors (Lipinski definition) is 4. The zero-order valence-electron chi connectivity index (χ0n) is 17.7. The summed E-state index contributed by atoms with van der Waals surface area (Å²) >= 11 is 0. The highest BCUT2D eigenvalue weighted by Gasteiger charge is 2.48. The Morgan fingerprint density at radius 1 is 1.30 bits per heavy atom. The lowest BCUT2D eigenvalue weighted by Crippen LogP contribution is -2.45. The minimum atomic E-state index is 0.0505. The van der Waals surface area contributed by atoms with Gasteiger partial charge >= 0.3 is 0 Å². The predicted octanol–water partition coefficient (Wildman–Crippen LogP) is 2.45. The fourth-order valence-corrected chi connectivity index (χ4v) is 4.80. The first-order chi connectivity index (χ1) is 13.0. The van der Waals surface area contributed by atoms with E-state index in [2.05, 4.69) is 48.9 Å². The van der Waals surface area contributed by atoms with Crippen molar-refractivity contribution >= 4 is 5.91 Å². The number of hydrogen-bond donors (Lipinski definition) is 0. The van der Waals surface area contributed by atoms with Crippen LogP contribution in [0.25, 0.3) is 0 Å². The molecule has 0 N–H and O–H groups in total. The molecule has 1 aromatic rings. The summed E-state index contributed by atoms with van der Waals surface area (Å²) in [6.45, 7) is 13.1. The van der Waals surface area contributed by atoms with Crippen molar-refractivity contribution in [1.29, 1.82) is 0 Å². The van der Waals surface area contributed by atoms with Crippen LogP contribution in [0.15, 0.2) is 12.4 Å². The molecule has 0 aromatic carbocycles. The van der Waals surface area contributed by atoms with Crippen molar-refractivity contribution in [3.8, 4) is 0 Å². The Kier molecular flexibility index (Phi) is 6.58. The van der Waals surface area contributed by atoms with Gasteiger partial charge in [0.1, 0.15) is 0 Å². The molecule has 27 heavy (non-hydrogen) atoms. The Morgan fingerprint density at radius 3 is 2.63 bits per heavy atom. The molecule has 2 saturated heterocycles. The normalized spacial score (nSPS) is 23.2. The summed E-state index contributed by atoms with van der Waals surface area (Å²) in [4.78, 5) is 20.4. The average molecular weight is 376 g/mol. The summed E-state index contributed by atoms with van der Waals surface area (Å²) in [7, 11) is 2.21. The molecule has 2 fully saturated rings. The molecule has 0 bridgehead atoms. The van der Waals surface area contributed by atoms with Crippen LogP contribution >= 0.6 is 0 Å². The molecule has 0 aliphatic carbocycles. The van der Waals surface area contributed by atoms with Crippen molar-refractivity contribution in [3.05, 3.63) is 18.0 Å². The number of piperidine rings is 1. The fraction of sp³-hybridized carbons (Fsp3) is 0.810. The second-order valence-electron chi connectivity index (χ2n) is 8.55. The number of carbonyl (C=O) groups excluding carboxylic acids is 1. The summed E-state index contributed by atoms with van der Waals surface area (Å²) in [5, 5.41) is 4.36. The van der Waals surface area contributed by atoms with Gasteiger partial charge in [0.25, 0.3) is 0 Å². The van der Waals surface area contributed by atoms with Gasteiger partial charge in [-0.15, -0.1) is 0 Å². The van der Waals surface area contributed by atoms with Crippen LogP contribution in [0.1, 0.15) is 52.0 Å². The molecule has 3 heterocycles. The summed E-state index contributed by atoms with van der Waals surface area (Å²) in [6, 6.07) is 0.0505. The summed E-state index contributed by atoms with van der Waals surface area (Å²) in [5.41, 5.74) is 1.47. The van der Waals surface area contributed by atoms with Crippen molar-refractivity contribution in [1.82, 2.24) is 24.5 Å². The molecule has 1 amide bonds. The van der Waals surface area contributed by atoms with Crippen molar-refractivity contribution < 1.29 is 4.79 Å². The van der Waals surface area contributed by atoms with Crippen LogP contribution in [0.4, 0.5) is 0 Å². The predicted molar refractivity (Wildman–Crippen MR) is 108 cm³/mol. The Labute approximate surface area is 164 Å². The van der Waals surface area contributed by atoms with Gasteiger partial charge in [0, 0.05) is 37.9 Å². The molecule has 1 aromatic heterocycles. The quantitative estimate of drug-likeness (QED) is 0.734. The van der Waals surface area contributed by atoms with E-state index in [1.54, 1.807) is 0 Å². The minimum absolute atomic E-state index is 0.0505. The minimum Gasteiger partial charge on any atom is -0.337 e. The highest BCUT2D eigenvalue weighted by Crippen LogP contribution is 2.43. The molecule has 152 valence electrons. The summed E-state index contributed by atoms with van der Waals surface area (Å²) in [6.07, 6.45) is 8.55. The lowest BCUT2D eigenvalue weighted by molar-refractivity contribution is -0.136. The third-order valence-corrected chi connectivity index (χ3v) is 6.53. The average Bonchev–Trinajstić information content (AvgIpc) is 3.27. The van der Waals surface area contributed by atoms with E-state index in [0.717, 1.165) is 57.7 Å². The number of likely N-dealkylation sites (N-methyl/N-ethyl adjacent to an activating group) is 1. The maximum absolute atomic E-state index is 13.5. The van der Waals surface area contributed by atoms with Crippen LogP contribution in [0.3, 0.4) is 0 Å². The van der Waals surface area contributed by atoms with Gasteiger partial charge in [-0.05, 0) is 71.6 Å². The van der Waals surface area contributed by atoms with Gasteiger partial charge < -0.3 is 9.80 Å². The monoisotopic (exact) mass is 375 g/mol. The van der Waals surface area contributed by atoms with E-state index < -0.39 is 0 Å². The largest absolute Gasteiger partial charge is 0.337 e. The molecular weight excluding hydrogens is 338 g/mol. The van der Waals surface area contributed by atoms with E-state index in [0.29, 0.717) is 17.9 Å². The Balaban J connectivity index is 1.71. The van der Waals surface area contributed by atoms with Crippen molar-refractivity contribution in [2.45, 2.75) is 65.6 Å². The third kappa shape index (κ3) is 4.54. The van der Waals surface area contributed by atoms with Gasteiger partial charge in [0.05, 0.1) is 12.2 Å². The molecule has 6 heteroatoms. The number of aromatic nitrogens is 2. The van der Waals surface area contributed by atoms with E-state index in [9.17, 15) is 4.79 Å². The van der Waals surface area contributed by atoms with Gasteiger partial charge in [-0.1, -0.05) is 6.92 Å². The van der Waals surface area contributed by atoms with Crippen molar-refractivity contribution in [2.75, 3.05) is 39.8 Å². The van der Waals surface area contributed by atoms with Crippen LogP contribution in [0.5, 0.6) is 0 Å². The van der Waals surface area contributed by atoms with E-state index >= 15 is 0 Å². The molecule has 0 radical (unpaired) electrons. The number of likely N-dealkylation sites (tertiary alicyclic amines) is 2. The van der Waals surface area contributed by atoms with Gasteiger partial charge in [-0.25, -0.2) is 0 Å². The molecule has 1 spiro atoms. The zero-order valence-corrected chi connectivity index (χ0v) is 17.7. The van der Waals surface area contributed by atoms with Crippen molar-refractivity contribution in [2.24, 2.45) is 5.41 Å². The second kappa shape index (κ2) is 8.74. The van der Waals surface area contributed by atoms with Crippen LogP contribution in [0.2, 0.25) is 0 Å². The maximum Gasteiger partial charge on any atom is 0.240 e. The number of amides is 1. The molecule has 1 unspecified atom stereocenters. The van der Waals surface area contributed by atoms with Crippen LogP contribution in [-0.2, 0) is 17.9 Å². The van der Waals surface area contributed by atoms with Gasteiger partial charge in [0.2, 0.25) is 5.91 Å². The lowest BCUT2D eigenvalue weighted by atomic mass is 9.76. The first-order valence-electron chi connectivity index (χ1n) is 10.7. The Bertz CT molecular complexity index is 620. The SMILES string of the molecule is CCCN1CC2(CCN(C)CC2)CC1C(=O)N(CC)Cc1cnn(CC)c1. The highest BCUT2D eigenvalue weighted by molar-refractivity contribution is 5.82. The number of nitrogens with zero attached hydrogens (tertiary/aromatic N) is 5. The molecule has 0 saturated carbocycles. The summed E-state index contributed by atoms with van der Waals surface area (Å²) < 4.78 is 1.93. The first kappa shape index (κ1) is 20.3. The molecule has 6 nitrogen and oxygen atoms in total. The first-order valence-corrected chi connectivity index (χ1v) is 10.7.